The maximum atomic E-state index is 13.0. The van der Waals surface area contributed by atoms with Gasteiger partial charge in [-0.05, 0) is 45.0 Å². The highest BCUT2D eigenvalue weighted by molar-refractivity contribution is 6.32. The van der Waals surface area contributed by atoms with Crippen LogP contribution in [0.4, 0.5) is 0 Å². The first-order chi connectivity index (χ1) is 13.4. The number of carbonyl (C=O) groups excluding carboxylic acids is 1. The van der Waals surface area contributed by atoms with Crippen molar-refractivity contribution in [1.29, 1.82) is 0 Å². The zero-order valence-corrected chi connectivity index (χ0v) is 16.7. The van der Waals surface area contributed by atoms with Gasteiger partial charge < -0.3 is 14.6 Å². The SMILES string of the molecule is CC(Oc1ccccc1Cl)C(=O)N(Cc1nc2ccccc2c(=O)[nH]1)C(C)C. The molecule has 2 aromatic carbocycles. The molecule has 1 atom stereocenters. The minimum absolute atomic E-state index is 0.110. The molecule has 3 aromatic rings. The summed E-state index contributed by atoms with van der Waals surface area (Å²) in [7, 11) is 0. The van der Waals surface area contributed by atoms with Gasteiger partial charge in [0.25, 0.3) is 11.5 Å². The van der Waals surface area contributed by atoms with Crippen LogP contribution in [-0.2, 0) is 11.3 Å². The Morgan fingerprint density at radius 1 is 1.14 bits per heavy atom. The smallest absolute Gasteiger partial charge is 0.263 e. The summed E-state index contributed by atoms with van der Waals surface area (Å²) in [5.74, 6) is 0.660. The van der Waals surface area contributed by atoms with Gasteiger partial charge in [-0.15, -0.1) is 0 Å². The van der Waals surface area contributed by atoms with Crippen LogP contribution in [0.5, 0.6) is 5.75 Å². The Labute approximate surface area is 168 Å². The third kappa shape index (κ3) is 4.34. The third-order valence-electron chi connectivity index (χ3n) is 4.38. The van der Waals surface area contributed by atoms with Crippen LogP contribution in [0.3, 0.4) is 0 Å². The Morgan fingerprint density at radius 3 is 2.54 bits per heavy atom. The minimum Gasteiger partial charge on any atom is -0.479 e. The lowest BCUT2D eigenvalue weighted by atomic mass is 10.2. The van der Waals surface area contributed by atoms with Gasteiger partial charge in [0, 0.05) is 6.04 Å². The van der Waals surface area contributed by atoms with Crippen LogP contribution in [0.2, 0.25) is 5.02 Å². The monoisotopic (exact) mass is 399 g/mol. The second-order valence-corrected chi connectivity index (χ2v) is 7.19. The van der Waals surface area contributed by atoms with Crippen molar-refractivity contribution in [3.05, 3.63) is 69.7 Å². The molecule has 0 bridgehead atoms. The fourth-order valence-corrected chi connectivity index (χ4v) is 3.08. The quantitative estimate of drug-likeness (QED) is 0.684. The molecule has 0 saturated heterocycles. The van der Waals surface area contributed by atoms with E-state index in [2.05, 4.69) is 9.97 Å². The zero-order chi connectivity index (χ0) is 20.3. The van der Waals surface area contributed by atoms with E-state index < -0.39 is 6.10 Å². The molecule has 6 nitrogen and oxygen atoms in total. The highest BCUT2D eigenvalue weighted by Gasteiger charge is 2.26. The van der Waals surface area contributed by atoms with Gasteiger partial charge in [-0.25, -0.2) is 4.98 Å². The van der Waals surface area contributed by atoms with Gasteiger partial charge in [0.15, 0.2) is 6.10 Å². The molecular formula is C21H22ClN3O3. The van der Waals surface area contributed by atoms with Crippen molar-refractivity contribution >= 4 is 28.4 Å². The summed E-state index contributed by atoms with van der Waals surface area (Å²) in [5.41, 5.74) is 0.370. The standard InChI is InChI=1S/C21H22ClN3O3/c1-13(2)25(21(27)14(3)28-18-11-7-5-9-16(18)22)12-19-23-17-10-6-4-8-15(17)20(26)24-19/h4-11,13-14H,12H2,1-3H3,(H,23,24,26). The lowest BCUT2D eigenvalue weighted by molar-refractivity contribution is -0.140. The molecule has 1 aromatic heterocycles. The molecule has 0 radical (unpaired) electrons. The van der Waals surface area contributed by atoms with Gasteiger partial charge in [-0.1, -0.05) is 35.9 Å². The van der Waals surface area contributed by atoms with Crippen LogP contribution in [0, 0.1) is 0 Å². The molecule has 0 saturated carbocycles. The second kappa shape index (κ2) is 8.44. The predicted octanol–water partition coefficient (Wildman–Crippen LogP) is 3.78. The summed E-state index contributed by atoms with van der Waals surface area (Å²) in [5, 5.41) is 0.961. The Morgan fingerprint density at radius 2 is 1.82 bits per heavy atom. The number of nitrogens with one attached hydrogen (secondary N) is 1. The number of fused-ring (bicyclic) bond motifs is 1. The average molecular weight is 400 g/mol. The van der Waals surface area contributed by atoms with E-state index >= 15 is 0 Å². The number of carbonyl (C=O) groups is 1. The van der Waals surface area contributed by atoms with Crippen LogP contribution in [-0.4, -0.2) is 32.9 Å². The number of ether oxygens (including phenoxy) is 1. The number of nitrogens with zero attached hydrogens (tertiary/aromatic N) is 2. The number of aromatic nitrogens is 2. The number of para-hydroxylation sites is 2. The summed E-state index contributed by atoms with van der Waals surface area (Å²) in [6.07, 6.45) is -0.741. The highest BCUT2D eigenvalue weighted by atomic mass is 35.5. The third-order valence-corrected chi connectivity index (χ3v) is 4.69. The Balaban J connectivity index is 1.82. The first kappa shape index (κ1) is 19.9. The van der Waals surface area contributed by atoms with Crippen molar-refractivity contribution in [1.82, 2.24) is 14.9 Å². The van der Waals surface area contributed by atoms with Crippen LogP contribution in [0.15, 0.2) is 53.3 Å². The maximum Gasteiger partial charge on any atom is 0.263 e. The average Bonchev–Trinajstić information content (AvgIpc) is 2.67. The second-order valence-electron chi connectivity index (χ2n) is 6.78. The molecule has 1 N–H and O–H groups in total. The normalized spacial score (nSPS) is 12.2. The number of H-pyrrole nitrogens is 1. The highest BCUT2D eigenvalue weighted by Crippen LogP contribution is 2.25. The molecule has 1 amide bonds. The van der Waals surface area contributed by atoms with Crippen molar-refractivity contribution in [2.45, 2.75) is 39.5 Å². The van der Waals surface area contributed by atoms with Crippen molar-refractivity contribution in [3.8, 4) is 5.75 Å². The van der Waals surface area contributed by atoms with E-state index in [1.165, 1.54) is 0 Å². The van der Waals surface area contributed by atoms with Crippen LogP contribution >= 0.6 is 11.6 Å². The number of benzene rings is 2. The summed E-state index contributed by atoms with van der Waals surface area (Å²) in [4.78, 5) is 34.2. The fourth-order valence-electron chi connectivity index (χ4n) is 2.90. The zero-order valence-electron chi connectivity index (χ0n) is 16.0. The maximum absolute atomic E-state index is 13.0. The molecule has 0 aliphatic carbocycles. The lowest BCUT2D eigenvalue weighted by Crippen LogP contribution is -2.44. The van der Waals surface area contributed by atoms with E-state index in [9.17, 15) is 9.59 Å². The number of halogens is 1. The number of aromatic amines is 1. The Kier molecular flexibility index (Phi) is 5.99. The first-order valence-corrected chi connectivity index (χ1v) is 9.44. The molecule has 1 heterocycles. The van der Waals surface area contributed by atoms with Gasteiger partial charge in [0.05, 0.1) is 22.5 Å². The van der Waals surface area contributed by atoms with E-state index in [1.54, 1.807) is 54.3 Å². The molecule has 0 aliphatic rings. The van der Waals surface area contributed by atoms with Crippen LogP contribution in [0.25, 0.3) is 10.9 Å². The van der Waals surface area contributed by atoms with E-state index in [4.69, 9.17) is 16.3 Å². The minimum atomic E-state index is -0.741. The van der Waals surface area contributed by atoms with Crippen LogP contribution < -0.4 is 10.3 Å². The van der Waals surface area contributed by atoms with E-state index in [-0.39, 0.29) is 24.1 Å². The molecule has 3 rings (SSSR count). The van der Waals surface area contributed by atoms with Crippen molar-refractivity contribution in [2.75, 3.05) is 0 Å². The van der Waals surface area contributed by atoms with Crippen molar-refractivity contribution in [3.63, 3.8) is 0 Å². The largest absolute Gasteiger partial charge is 0.479 e. The number of hydrogen-bond donors (Lipinski definition) is 1. The molecule has 0 aliphatic heterocycles. The van der Waals surface area contributed by atoms with E-state index in [0.717, 1.165) is 0 Å². The molecule has 28 heavy (non-hydrogen) atoms. The first-order valence-electron chi connectivity index (χ1n) is 9.06. The summed E-state index contributed by atoms with van der Waals surface area (Å²) >= 11 is 6.12. The summed E-state index contributed by atoms with van der Waals surface area (Å²) in [6.45, 7) is 5.66. The van der Waals surface area contributed by atoms with Crippen LogP contribution in [0.1, 0.15) is 26.6 Å². The van der Waals surface area contributed by atoms with Crippen molar-refractivity contribution < 1.29 is 9.53 Å². The summed E-state index contributed by atoms with van der Waals surface area (Å²) < 4.78 is 5.75. The van der Waals surface area contributed by atoms with Gasteiger partial charge in [-0.2, -0.15) is 0 Å². The molecule has 0 spiro atoms. The van der Waals surface area contributed by atoms with E-state index in [0.29, 0.717) is 27.5 Å². The fraction of sp³-hybridized carbons (Fsp3) is 0.286. The number of rotatable bonds is 6. The molecule has 7 heteroatoms. The van der Waals surface area contributed by atoms with Gasteiger partial charge in [0.2, 0.25) is 0 Å². The lowest BCUT2D eigenvalue weighted by Gasteiger charge is -2.29. The van der Waals surface area contributed by atoms with Crippen molar-refractivity contribution in [2.24, 2.45) is 0 Å². The van der Waals surface area contributed by atoms with E-state index in [1.807, 2.05) is 19.9 Å². The molecule has 1 unspecified atom stereocenters. The van der Waals surface area contributed by atoms with Gasteiger partial charge in [0.1, 0.15) is 11.6 Å². The summed E-state index contributed by atoms with van der Waals surface area (Å²) in [6, 6.07) is 14.0. The Bertz CT molecular complexity index is 1050. The Hall–Kier alpha value is -2.86. The van der Waals surface area contributed by atoms with Gasteiger partial charge in [-0.3, -0.25) is 9.59 Å². The number of hydrogen-bond acceptors (Lipinski definition) is 4. The van der Waals surface area contributed by atoms with Gasteiger partial charge >= 0.3 is 0 Å². The molecular weight excluding hydrogens is 378 g/mol. The topological polar surface area (TPSA) is 75.3 Å². The molecule has 0 fully saturated rings. The predicted molar refractivity (Wildman–Crippen MR) is 110 cm³/mol. The number of amides is 1. The molecule has 146 valence electrons.